The second kappa shape index (κ2) is 15.0. The number of carbonyl (C=O) groups excluding carboxylic acids is 3. The van der Waals surface area contributed by atoms with E-state index in [1.54, 1.807) is 24.0 Å². The van der Waals surface area contributed by atoms with E-state index < -0.39 is 23.1 Å². The molecule has 11 heteroatoms. The predicted octanol–water partition coefficient (Wildman–Crippen LogP) is 4.71. The third kappa shape index (κ3) is 9.75. The topological polar surface area (TPSA) is 129 Å². The zero-order chi connectivity index (χ0) is 29.0. The van der Waals surface area contributed by atoms with Crippen molar-refractivity contribution in [2.45, 2.75) is 45.1 Å². The van der Waals surface area contributed by atoms with Gasteiger partial charge in [0.05, 0.1) is 12.0 Å². The Labute approximate surface area is 227 Å². The van der Waals surface area contributed by atoms with Gasteiger partial charge in [-0.15, -0.1) is 6.58 Å². The molecule has 0 bridgehead atoms. The summed E-state index contributed by atoms with van der Waals surface area (Å²) in [6.45, 7) is 11.0. The summed E-state index contributed by atoms with van der Waals surface area (Å²) in [7, 11) is 2.84. The zero-order valence-electron chi connectivity index (χ0n) is 22.3. The van der Waals surface area contributed by atoms with Crippen LogP contribution in [0, 0.1) is 0 Å². The Hall–Kier alpha value is -3.50. The van der Waals surface area contributed by atoms with Gasteiger partial charge in [-0.25, -0.2) is 9.38 Å². The van der Waals surface area contributed by atoms with E-state index in [0.717, 1.165) is 22.8 Å². The molecule has 1 aromatic heterocycles. The lowest BCUT2D eigenvalue weighted by Gasteiger charge is -2.38. The Kier molecular flexibility index (Phi) is 12.9. The average molecular weight is 551 g/mol. The van der Waals surface area contributed by atoms with Gasteiger partial charge in [-0.05, 0) is 45.3 Å². The predicted molar refractivity (Wildman–Crippen MR) is 148 cm³/mol. The van der Waals surface area contributed by atoms with Gasteiger partial charge >= 0.3 is 0 Å². The van der Waals surface area contributed by atoms with Crippen molar-refractivity contribution < 1.29 is 28.3 Å². The van der Waals surface area contributed by atoms with Gasteiger partial charge in [0.1, 0.15) is 28.6 Å². The third-order valence-electron chi connectivity index (χ3n) is 5.53. The number of halogens is 2. The molecule has 0 aromatic carbocycles. The maximum atomic E-state index is 13.2. The second-order valence-corrected chi connectivity index (χ2v) is 9.45. The molecule has 208 valence electrons. The number of anilines is 1. The highest BCUT2D eigenvalue weighted by Gasteiger charge is 2.34. The van der Waals surface area contributed by atoms with Crippen LogP contribution in [0.4, 0.5) is 15.8 Å². The van der Waals surface area contributed by atoms with Crippen LogP contribution in [0.5, 0.6) is 0 Å². The number of aliphatic hydroxyl groups is 1. The van der Waals surface area contributed by atoms with Crippen LogP contribution >= 0.6 is 11.6 Å². The molecule has 38 heavy (non-hydrogen) atoms. The standard InChI is InChI=1S/C24H30ClFN4O5.C3H6/c1-5-16(26)7-6-15(2)13-24(34)8-10-30(11-9-24)19(31)12-18(25)28-17-14-35-22(20(17)27)21(32)23(33)29(3)4;1-3-2/h5-7,14,34H,1,8-13,27H2,2-4H3;3H,1H2,2H3/b15-6+,16-7+,28-18?;. The van der Waals surface area contributed by atoms with Crippen LogP contribution in [0.15, 0.2) is 64.5 Å². The highest BCUT2D eigenvalue weighted by molar-refractivity contribution is 6.67. The molecule has 0 spiro atoms. The molecule has 2 amide bonds. The van der Waals surface area contributed by atoms with Gasteiger partial charge in [-0.1, -0.05) is 35.9 Å². The lowest BCUT2D eigenvalue weighted by molar-refractivity contribution is -0.134. The van der Waals surface area contributed by atoms with Gasteiger partial charge in [0.25, 0.3) is 11.7 Å². The molecule has 1 aliphatic rings. The van der Waals surface area contributed by atoms with Crippen LogP contribution in [0.3, 0.4) is 0 Å². The number of hydrogen-bond donors (Lipinski definition) is 2. The van der Waals surface area contributed by atoms with E-state index >= 15 is 0 Å². The molecular formula is C27H36ClFN4O5. The number of piperidine rings is 1. The minimum absolute atomic E-state index is 0.0370. The van der Waals surface area contributed by atoms with Crippen LogP contribution < -0.4 is 5.73 Å². The third-order valence-corrected chi connectivity index (χ3v) is 5.75. The van der Waals surface area contributed by atoms with Crippen molar-refractivity contribution in [1.29, 1.82) is 0 Å². The lowest BCUT2D eigenvalue weighted by Crippen LogP contribution is -2.47. The summed E-state index contributed by atoms with van der Waals surface area (Å²) in [5, 5.41) is 10.8. The van der Waals surface area contributed by atoms with Gasteiger partial charge in [0.2, 0.25) is 11.7 Å². The van der Waals surface area contributed by atoms with Gasteiger partial charge in [0.15, 0.2) is 0 Å². The van der Waals surface area contributed by atoms with Crippen LogP contribution in [-0.2, 0) is 9.59 Å². The Balaban J connectivity index is 0.00000229. The maximum Gasteiger partial charge on any atom is 0.297 e. The molecular weight excluding hydrogens is 515 g/mol. The number of nitrogens with two attached hydrogens (primary N) is 1. The quantitative estimate of drug-likeness (QED) is 0.150. The minimum Gasteiger partial charge on any atom is -0.456 e. The summed E-state index contributed by atoms with van der Waals surface area (Å²) in [6, 6.07) is 0. The number of likely N-dealkylation sites (tertiary alicyclic amines) is 1. The van der Waals surface area contributed by atoms with Crippen molar-refractivity contribution in [2.24, 2.45) is 4.99 Å². The fourth-order valence-corrected chi connectivity index (χ4v) is 3.75. The van der Waals surface area contributed by atoms with E-state index in [1.165, 1.54) is 20.2 Å². The van der Waals surface area contributed by atoms with Crippen molar-refractivity contribution in [1.82, 2.24) is 9.80 Å². The van der Waals surface area contributed by atoms with Crippen molar-refractivity contribution in [3.8, 4) is 0 Å². The van der Waals surface area contributed by atoms with Crippen LogP contribution in [0.2, 0.25) is 0 Å². The van der Waals surface area contributed by atoms with Crippen LogP contribution in [0.25, 0.3) is 0 Å². The molecule has 1 aliphatic heterocycles. The van der Waals surface area contributed by atoms with E-state index in [1.807, 2.05) is 6.92 Å². The zero-order valence-corrected chi connectivity index (χ0v) is 23.1. The largest absolute Gasteiger partial charge is 0.456 e. The number of hydrogen-bond acceptors (Lipinski definition) is 7. The molecule has 0 aliphatic carbocycles. The molecule has 3 N–H and O–H groups in total. The summed E-state index contributed by atoms with van der Waals surface area (Å²) in [5.74, 6) is -2.82. The number of likely N-dealkylation sites (N-methyl/N-ethyl adjacent to an activating group) is 1. The summed E-state index contributed by atoms with van der Waals surface area (Å²) in [5.41, 5.74) is 5.57. The van der Waals surface area contributed by atoms with Crippen molar-refractivity contribution in [3.63, 3.8) is 0 Å². The Morgan fingerprint density at radius 2 is 1.87 bits per heavy atom. The number of nitrogens with zero attached hydrogens (tertiary/aromatic N) is 3. The summed E-state index contributed by atoms with van der Waals surface area (Å²) in [4.78, 5) is 43.3. The van der Waals surface area contributed by atoms with Crippen LogP contribution in [0.1, 0.15) is 50.1 Å². The van der Waals surface area contributed by atoms with Gasteiger partial charge in [-0.2, -0.15) is 0 Å². The molecule has 2 heterocycles. The molecule has 0 unspecified atom stereocenters. The molecule has 0 atom stereocenters. The first-order chi connectivity index (χ1) is 17.8. The highest BCUT2D eigenvalue weighted by atomic mass is 35.5. The number of carbonyl (C=O) groups is 3. The number of ketones is 1. The maximum absolute atomic E-state index is 13.2. The summed E-state index contributed by atoms with van der Waals surface area (Å²) in [6.07, 6.45) is 7.67. The first kappa shape index (κ1) is 32.5. The molecule has 2 rings (SSSR count). The number of furan rings is 1. The molecule has 1 fully saturated rings. The van der Waals surface area contributed by atoms with Crippen molar-refractivity contribution >= 4 is 45.7 Å². The van der Waals surface area contributed by atoms with E-state index in [2.05, 4.69) is 18.2 Å². The fourth-order valence-electron chi connectivity index (χ4n) is 3.54. The first-order valence-electron chi connectivity index (χ1n) is 11.9. The van der Waals surface area contributed by atoms with Gasteiger partial charge in [-0.3, -0.25) is 14.4 Å². The smallest absolute Gasteiger partial charge is 0.297 e. The first-order valence-corrected chi connectivity index (χ1v) is 12.2. The van der Waals surface area contributed by atoms with Gasteiger partial charge < -0.3 is 25.1 Å². The van der Waals surface area contributed by atoms with E-state index in [-0.39, 0.29) is 34.6 Å². The monoisotopic (exact) mass is 550 g/mol. The number of nitrogen functional groups attached to an aromatic ring is 1. The van der Waals surface area contributed by atoms with E-state index in [0.29, 0.717) is 32.4 Å². The Bertz CT molecular complexity index is 1130. The number of Topliss-reactive ketones (excluding diaryl/α,β-unsaturated/α-hetero) is 1. The number of rotatable bonds is 9. The summed E-state index contributed by atoms with van der Waals surface area (Å²) < 4.78 is 18.3. The molecule has 0 saturated carbocycles. The minimum atomic E-state index is -0.994. The lowest BCUT2D eigenvalue weighted by atomic mass is 9.85. The normalized spacial score (nSPS) is 15.8. The number of amides is 2. The average Bonchev–Trinajstić information content (AvgIpc) is 3.21. The molecule has 0 radical (unpaired) electrons. The Morgan fingerprint density at radius 3 is 2.39 bits per heavy atom. The second-order valence-electron chi connectivity index (χ2n) is 9.02. The van der Waals surface area contributed by atoms with E-state index in [4.69, 9.17) is 21.8 Å². The molecule has 9 nitrogen and oxygen atoms in total. The fraction of sp³-hybridized carbons (Fsp3) is 0.407. The molecule has 1 aromatic rings. The van der Waals surface area contributed by atoms with E-state index in [9.17, 15) is 23.9 Å². The highest BCUT2D eigenvalue weighted by Crippen LogP contribution is 2.31. The number of aliphatic imine (C=N–C) groups is 1. The SMILES string of the molecule is C=C/C(F)=C\C=C(/C)CC1(O)CCN(C(=O)CC(Cl)=Nc2coc(C(=O)C(=O)N(C)C)c2N)CC1.C=CC. The summed E-state index contributed by atoms with van der Waals surface area (Å²) >= 11 is 6.15. The Morgan fingerprint density at radius 1 is 1.29 bits per heavy atom. The number of allylic oxidation sites excluding steroid dienone is 5. The molecule has 1 saturated heterocycles. The van der Waals surface area contributed by atoms with Crippen LogP contribution in [-0.4, -0.2) is 70.5 Å². The van der Waals surface area contributed by atoms with Gasteiger partial charge in [0, 0.05) is 27.2 Å². The van der Waals surface area contributed by atoms with Crippen molar-refractivity contribution in [2.75, 3.05) is 32.9 Å². The van der Waals surface area contributed by atoms with Crippen molar-refractivity contribution in [3.05, 3.63) is 60.9 Å².